The van der Waals surface area contributed by atoms with Crippen LogP contribution < -0.4 is 5.32 Å². The van der Waals surface area contributed by atoms with E-state index >= 15 is 0 Å². The number of carbonyl (C=O) groups is 2. The second kappa shape index (κ2) is 8.79. The minimum absolute atomic E-state index is 0.0320. The number of nitrogens with one attached hydrogen (secondary N) is 1. The van der Waals surface area contributed by atoms with Gasteiger partial charge in [-0.2, -0.15) is 0 Å². The van der Waals surface area contributed by atoms with Crippen molar-refractivity contribution in [1.82, 2.24) is 4.90 Å². The number of nitrogens with zero attached hydrogens (tertiary/aromatic N) is 1. The topological polar surface area (TPSA) is 78.9 Å². The lowest BCUT2D eigenvalue weighted by Crippen LogP contribution is -2.40. The van der Waals surface area contributed by atoms with E-state index in [4.69, 9.17) is 4.74 Å². The summed E-state index contributed by atoms with van der Waals surface area (Å²) in [7, 11) is 1.82. The fourth-order valence-electron chi connectivity index (χ4n) is 3.15. The van der Waals surface area contributed by atoms with E-state index < -0.39 is 0 Å². The van der Waals surface area contributed by atoms with Gasteiger partial charge in [0.1, 0.15) is 0 Å². The van der Waals surface area contributed by atoms with E-state index in [1.165, 1.54) is 0 Å². The molecule has 2 aromatic carbocycles. The summed E-state index contributed by atoms with van der Waals surface area (Å²) in [6, 6.07) is 13.9. The van der Waals surface area contributed by atoms with Gasteiger partial charge in [-0.1, -0.05) is 12.1 Å². The van der Waals surface area contributed by atoms with E-state index in [1.54, 1.807) is 53.4 Å². The quantitative estimate of drug-likeness (QED) is 0.850. The van der Waals surface area contributed by atoms with Gasteiger partial charge in [0.25, 0.3) is 11.8 Å². The summed E-state index contributed by atoms with van der Waals surface area (Å²) in [6.45, 7) is 1.26. The Morgan fingerprint density at radius 2 is 1.81 bits per heavy atom. The predicted molar refractivity (Wildman–Crippen MR) is 103 cm³/mol. The molecule has 0 aromatic heterocycles. The largest absolute Gasteiger partial charge is 0.392 e. The number of ether oxygens (including phenoxy) is 1. The Labute approximate surface area is 158 Å². The zero-order valence-corrected chi connectivity index (χ0v) is 15.4. The Kier molecular flexibility index (Phi) is 6.21. The molecule has 1 aliphatic rings. The zero-order valence-electron chi connectivity index (χ0n) is 15.4. The van der Waals surface area contributed by atoms with Crippen molar-refractivity contribution in [2.75, 3.05) is 25.6 Å². The third-order valence-corrected chi connectivity index (χ3v) is 4.82. The van der Waals surface area contributed by atoms with E-state index in [1.807, 2.05) is 7.05 Å². The van der Waals surface area contributed by atoms with Gasteiger partial charge in [-0.25, -0.2) is 0 Å². The van der Waals surface area contributed by atoms with E-state index in [0.29, 0.717) is 35.6 Å². The molecule has 1 saturated heterocycles. The Balaban J connectivity index is 1.64. The van der Waals surface area contributed by atoms with Crippen molar-refractivity contribution in [1.29, 1.82) is 0 Å². The van der Waals surface area contributed by atoms with Crippen molar-refractivity contribution in [3.05, 3.63) is 65.2 Å². The van der Waals surface area contributed by atoms with Crippen LogP contribution in [0.2, 0.25) is 0 Å². The minimum Gasteiger partial charge on any atom is -0.392 e. The smallest absolute Gasteiger partial charge is 0.255 e. The summed E-state index contributed by atoms with van der Waals surface area (Å²) in [4.78, 5) is 26.8. The Morgan fingerprint density at radius 1 is 1.11 bits per heavy atom. The van der Waals surface area contributed by atoms with Crippen LogP contribution in [-0.2, 0) is 11.3 Å². The molecule has 6 heteroatoms. The zero-order chi connectivity index (χ0) is 19.2. The number of benzene rings is 2. The Hall–Kier alpha value is -2.70. The molecule has 0 unspecified atom stereocenters. The van der Waals surface area contributed by atoms with E-state index in [-0.39, 0.29) is 24.5 Å². The maximum atomic E-state index is 12.6. The molecule has 0 aliphatic carbocycles. The molecule has 0 spiro atoms. The van der Waals surface area contributed by atoms with Crippen molar-refractivity contribution < 1.29 is 19.4 Å². The maximum Gasteiger partial charge on any atom is 0.255 e. The fourth-order valence-corrected chi connectivity index (χ4v) is 3.15. The standard InChI is InChI=1S/C21H24N2O4/c1-23(19-9-11-27-12-10-19)21(26)16-5-7-18(8-6-16)22-20(25)17-4-2-3-15(13-17)14-24/h2-8,13,19,24H,9-12,14H2,1H3,(H,22,25). The van der Waals surface area contributed by atoms with Crippen LogP contribution >= 0.6 is 0 Å². The van der Waals surface area contributed by atoms with Gasteiger partial charge in [0, 0.05) is 43.1 Å². The Bertz CT molecular complexity index is 798. The number of aliphatic hydroxyl groups excluding tert-OH is 1. The molecule has 0 radical (unpaired) electrons. The second-order valence-corrected chi connectivity index (χ2v) is 6.65. The van der Waals surface area contributed by atoms with Crippen LogP contribution in [0.25, 0.3) is 0 Å². The molecule has 6 nitrogen and oxygen atoms in total. The number of hydrogen-bond acceptors (Lipinski definition) is 4. The number of rotatable bonds is 5. The van der Waals surface area contributed by atoms with Crippen molar-refractivity contribution >= 4 is 17.5 Å². The first-order valence-corrected chi connectivity index (χ1v) is 9.04. The molecular weight excluding hydrogens is 344 g/mol. The highest BCUT2D eigenvalue weighted by Gasteiger charge is 2.23. The molecule has 2 aromatic rings. The number of hydrogen-bond donors (Lipinski definition) is 2. The van der Waals surface area contributed by atoms with Gasteiger partial charge < -0.3 is 20.1 Å². The van der Waals surface area contributed by atoms with Crippen LogP contribution in [0.1, 0.15) is 39.1 Å². The molecule has 3 rings (SSSR count). The monoisotopic (exact) mass is 368 g/mol. The van der Waals surface area contributed by atoms with Crippen molar-refractivity contribution in [2.45, 2.75) is 25.5 Å². The number of anilines is 1. The maximum absolute atomic E-state index is 12.6. The van der Waals surface area contributed by atoms with Crippen LogP contribution in [0.3, 0.4) is 0 Å². The molecule has 0 saturated carbocycles. The van der Waals surface area contributed by atoms with E-state index in [0.717, 1.165) is 12.8 Å². The lowest BCUT2D eigenvalue weighted by Gasteiger charge is -2.31. The van der Waals surface area contributed by atoms with Crippen LogP contribution in [0.4, 0.5) is 5.69 Å². The number of aliphatic hydroxyl groups is 1. The van der Waals surface area contributed by atoms with Crippen LogP contribution in [-0.4, -0.2) is 48.1 Å². The van der Waals surface area contributed by atoms with Crippen LogP contribution in [0.15, 0.2) is 48.5 Å². The van der Waals surface area contributed by atoms with Gasteiger partial charge in [0.2, 0.25) is 0 Å². The average molecular weight is 368 g/mol. The molecule has 142 valence electrons. The van der Waals surface area contributed by atoms with E-state index in [9.17, 15) is 14.7 Å². The normalized spacial score (nSPS) is 14.6. The molecule has 1 heterocycles. The molecule has 0 bridgehead atoms. The third kappa shape index (κ3) is 4.72. The van der Waals surface area contributed by atoms with Crippen LogP contribution in [0.5, 0.6) is 0 Å². The van der Waals surface area contributed by atoms with Gasteiger partial charge in [-0.15, -0.1) is 0 Å². The lowest BCUT2D eigenvalue weighted by atomic mass is 10.1. The first-order chi connectivity index (χ1) is 13.1. The first kappa shape index (κ1) is 19.1. The molecule has 2 N–H and O–H groups in total. The van der Waals surface area contributed by atoms with Gasteiger partial charge >= 0.3 is 0 Å². The van der Waals surface area contributed by atoms with Gasteiger partial charge in [0.05, 0.1) is 6.61 Å². The summed E-state index contributed by atoms with van der Waals surface area (Å²) in [6.07, 6.45) is 1.70. The third-order valence-electron chi connectivity index (χ3n) is 4.82. The highest BCUT2D eigenvalue weighted by molar-refractivity contribution is 6.04. The number of amides is 2. The van der Waals surface area contributed by atoms with Gasteiger partial charge in [0.15, 0.2) is 0 Å². The molecule has 27 heavy (non-hydrogen) atoms. The average Bonchev–Trinajstić information content (AvgIpc) is 2.74. The predicted octanol–water partition coefficient (Wildman–Crippen LogP) is 2.68. The first-order valence-electron chi connectivity index (χ1n) is 9.04. The SMILES string of the molecule is CN(C(=O)c1ccc(NC(=O)c2cccc(CO)c2)cc1)C1CCOCC1. The molecule has 2 amide bonds. The molecular formula is C21H24N2O4. The summed E-state index contributed by atoms with van der Waals surface area (Å²) in [5, 5.41) is 12.0. The Morgan fingerprint density at radius 3 is 2.48 bits per heavy atom. The highest BCUT2D eigenvalue weighted by atomic mass is 16.5. The molecule has 1 aliphatic heterocycles. The summed E-state index contributed by atoms with van der Waals surface area (Å²) in [5.41, 5.74) is 2.35. The van der Waals surface area contributed by atoms with E-state index in [2.05, 4.69) is 5.32 Å². The van der Waals surface area contributed by atoms with Crippen molar-refractivity contribution in [2.24, 2.45) is 0 Å². The fraction of sp³-hybridized carbons (Fsp3) is 0.333. The van der Waals surface area contributed by atoms with Gasteiger partial charge in [-0.05, 0) is 54.8 Å². The van der Waals surface area contributed by atoms with Crippen LogP contribution in [0, 0.1) is 0 Å². The van der Waals surface area contributed by atoms with Gasteiger partial charge in [-0.3, -0.25) is 9.59 Å². The highest BCUT2D eigenvalue weighted by Crippen LogP contribution is 2.18. The summed E-state index contributed by atoms with van der Waals surface area (Å²) >= 11 is 0. The minimum atomic E-state index is -0.260. The molecule has 1 fully saturated rings. The van der Waals surface area contributed by atoms with Crippen molar-refractivity contribution in [3.63, 3.8) is 0 Å². The lowest BCUT2D eigenvalue weighted by molar-refractivity contribution is 0.0362. The second-order valence-electron chi connectivity index (χ2n) is 6.65. The van der Waals surface area contributed by atoms with Crippen molar-refractivity contribution in [3.8, 4) is 0 Å². The summed E-state index contributed by atoms with van der Waals surface area (Å²) < 4.78 is 5.35. The molecule has 0 atom stereocenters. The number of carbonyl (C=O) groups excluding carboxylic acids is 2. The summed E-state index contributed by atoms with van der Waals surface area (Å²) in [5.74, 6) is -0.292.